The second-order valence-corrected chi connectivity index (χ2v) is 6.74. The highest BCUT2D eigenvalue weighted by atomic mass is 16.5. The van der Waals surface area contributed by atoms with Crippen LogP contribution in [0, 0.1) is 11.3 Å². The number of ether oxygens (including phenoxy) is 2. The SMILES string of the molecule is COc1ccc([C@H]2C(C#N)=C(N)N(c3ncn[nH]3)C3=C2C(=O)CCC3)cc1OC. The van der Waals surface area contributed by atoms with Crippen molar-refractivity contribution >= 4 is 11.7 Å². The molecule has 1 aromatic carbocycles. The summed E-state index contributed by atoms with van der Waals surface area (Å²) in [5.74, 6) is 1.11. The number of nitrogens with zero attached hydrogens (tertiary/aromatic N) is 4. The van der Waals surface area contributed by atoms with Gasteiger partial charge in [-0.3, -0.25) is 9.69 Å². The molecule has 29 heavy (non-hydrogen) atoms. The zero-order valence-corrected chi connectivity index (χ0v) is 16.1. The number of nitrogens with two attached hydrogens (primary N) is 1. The highest BCUT2D eigenvalue weighted by Crippen LogP contribution is 2.46. The summed E-state index contributed by atoms with van der Waals surface area (Å²) in [6, 6.07) is 7.58. The van der Waals surface area contributed by atoms with Crippen molar-refractivity contribution in [2.75, 3.05) is 19.1 Å². The largest absolute Gasteiger partial charge is 0.493 e. The van der Waals surface area contributed by atoms with E-state index in [1.807, 2.05) is 6.07 Å². The van der Waals surface area contributed by atoms with Crippen molar-refractivity contribution in [3.05, 3.63) is 52.8 Å². The molecule has 0 unspecified atom stereocenters. The molecule has 0 spiro atoms. The number of hydrogen-bond donors (Lipinski definition) is 2. The van der Waals surface area contributed by atoms with Gasteiger partial charge in [-0.05, 0) is 30.5 Å². The van der Waals surface area contributed by atoms with E-state index in [1.165, 1.54) is 6.33 Å². The van der Waals surface area contributed by atoms with Crippen LogP contribution in [-0.4, -0.2) is 35.2 Å². The highest BCUT2D eigenvalue weighted by molar-refractivity contribution is 6.01. The maximum absolute atomic E-state index is 13.0. The molecule has 0 saturated heterocycles. The lowest BCUT2D eigenvalue weighted by Crippen LogP contribution is -2.39. The van der Waals surface area contributed by atoms with Crippen molar-refractivity contribution in [2.45, 2.75) is 25.2 Å². The first-order valence-corrected chi connectivity index (χ1v) is 9.14. The molecule has 0 bridgehead atoms. The molecular weight excluding hydrogens is 372 g/mol. The minimum atomic E-state index is -0.582. The van der Waals surface area contributed by atoms with Gasteiger partial charge in [-0.15, -0.1) is 0 Å². The first-order valence-electron chi connectivity index (χ1n) is 9.14. The molecule has 9 heteroatoms. The van der Waals surface area contributed by atoms with E-state index < -0.39 is 5.92 Å². The van der Waals surface area contributed by atoms with E-state index in [2.05, 4.69) is 21.3 Å². The van der Waals surface area contributed by atoms with Gasteiger partial charge in [0.1, 0.15) is 12.1 Å². The van der Waals surface area contributed by atoms with E-state index in [1.54, 1.807) is 31.3 Å². The van der Waals surface area contributed by atoms with Crippen LogP contribution in [0.4, 0.5) is 5.95 Å². The summed E-state index contributed by atoms with van der Waals surface area (Å²) >= 11 is 0. The third-order valence-corrected chi connectivity index (χ3v) is 5.27. The molecule has 0 fully saturated rings. The molecule has 148 valence electrons. The maximum atomic E-state index is 13.0. The number of methoxy groups -OCH3 is 2. The predicted octanol–water partition coefficient (Wildman–Crippen LogP) is 2.13. The summed E-state index contributed by atoms with van der Waals surface area (Å²) < 4.78 is 10.7. The second kappa shape index (κ2) is 7.31. The Hall–Kier alpha value is -3.80. The Kier molecular flexibility index (Phi) is 4.68. The number of allylic oxidation sites excluding steroid dienone is 3. The Balaban J connectivity index is 1.95. The zero-order chi connectivity index (χ0) is 20.5. The summed E-state index contributed by atoms with van der Waals surface area (Å²) in [7, 11) is 3.09. The van der Waals surface area contributed by atoms with Gasteiger partial charge in [-0.1, -0.05) is 6.07 Å². The molecule has 0 radical (unpaired) electrons. The number of Topliss-reactive ketones (excluding diaryl/α,β-unsaturated/α-hetero) is 1. The summed E-state index contributed by atoms with van der Waals surface area (Å²) in [5.41, 5.74) is 8.75. The maximum Gasteiger partial charge on any atom is 0.231 e. The van der Waals surface area contributed by atoms with Crippen molar-refractivity contribution in [1.82, 2.24) is 15.2 Å². The molecule has 1 aromatic heterocycles. The van der Waals surface area contributed by atoms with Crippen LogP contribution in [0.5, 0.6) is 11.5 Å². The lowest BCUT2D eigenvalue weighted by Gasteiger charge is -2.38. The first kappa shape index (κ1) is 18.6. The monoisotopic (exact) mass is 392 g/mol. The standard InChI is InChI=1S/C20H20N6O3/c1-28-15-7-6-11(8-16(15)29-2)17-12(9-21)19(22)26(20-23-10-24-25-20)13-4-3-5-14(27)18(13)17/h6-8,10,17H,3-5,22H2,1-2H3,(H,23,24,25)/t17-/m0/s1. The van der Waals surface area contributed by atoms with Crippen molar-refractivity contribution in [3.8, 4) is 17.6 Å². The van der Waals surface area contributed by atoms with Gasteiger partial charge in [-0.25, -0.2) is 5.10 Å². The number of rotatable bonds is 4. The topological polar surface area (TPSA) is 130 Å². The smallest absolute Gasteiger partial charge is 0.231 e. The lowest BCUT2D eigenvalue weighted by molar-refractivity contribution is -0.116. The molecule has 0 saturated carbocycles. The van der Waals surface area contributed by atoms with Crippen LogP contribution in [0.25, 0.3) is 0 Å². The second-order valence-electron chi connectivity index (χ2n) is 6.74. The van der Waals surface area contributed by atoms with E-state index >= 15 is 0 Å². The van der Waals surface area contributed by atoms with Gasteiger partial charge < -0.3 is 15.2 Å². The quantitative estimate of drug-likeness (QED) is 0.809. The normalized spacial score (nSPS) is 19.1. The number of carbonyl (C=O) groups excluding carboxylic acids is 1. The van der Waals surface area contributed by atoms with Crippen LogP contribution in [0.15, 0.2) is 47.2 Å². The number of nitriles is 1. The average molecular weight is 392 g/mol. The molecule has 2 aromatic rings. The minimum Gasteiger partial charge on any atom is -0.493 e. The van der Waals surface area contributed by atoms with Crippen LogP contribution >= 0.6 is 0 Å². The third-order valence-electron chi connectivity index (χ3n) is 5.27. The predicted molar refractivity (Wildman–Crippen MR) is 104 cm³/mol. The fourth-order valence-corrected chi connectivity index (χ4v) is 4.00. The molecule has 9 nitrogen and oxygen atoms in total. The van der Waals surface area contributed by atoms with Crippen LogP contribution < -0.4 is 20.1 Å². The lowest BCUT2D eigenvalue weighted by atomic mass is 9.75. The molecule has 3 N–H and O–H groups in total. The van der Waals surface area contributed by atoms with Crippen molar-refractivity contribution in [3.63, 3.8) is 0 Å². The summed E-state index contributed by atoms with van der Waals surface area (Å²) in [4.78, 5) is 18.8. The van der Waals surface area contributed by atoms with Crippen LogP contribution in [0.2, 0.25) is 0 Å². The van der Waals surface area contributed by atoms with Gasteiger partial charge in [0.25, 0.3) is 0 Å². The molecule has 1 aliphatic carbocycles. The minimum absolute atomic E-state index is 0.00389. The zero-order valence-electron chi connectivity index (χ0n) is 16.1. The molecule has 0 amide bonds. The molecule has 1 atom stereocenters. The van der Waals surface area contributed by atoms with E-state index in [4.69, 9.17) is 15.2 Å². The molecule has 2 heterocycles. The van der Waals surface area contributed by atoms with E-state index in [9.17, 15) is 10.1 Å². The highest BCUT2D eigenvalue weighted by Gasteiger charge is 2.41. The number of H-pyrrole nitrogens is 1. The molecule has 4 rings (SSSR count). The number of carbonyl (C=O) groups is 1. The number of anilines is 1. The van der Waals surface area contributed by atoms with Crippen molar-refractivity contribution in [1.29, 1.82) is 5.26 Å². The van der Waals surface area contributed by atoms with E-state index in [0.717, 1.165) is 11.3 Å². The Morgan fingerprint density at radius 2 is 2.07 bits per heavy atom. The Morgan fingerprint density at radius 1 is 1.28 bits per heavy atom. The number of ketones is 1. The number of hydrogen-bond acceptors (Lipinski definition) is 8. The van der Waals surface area contributed by atoms with Gasteiger partial charge >= 0.3 is 0 Å². The van der Waals surface area contributed by atoms with Crippen molar-refractivity contribution < 1.29 is 14.3 Å². The Bertz CT molecular complexity index is 1060. The molecular formula is C20H20N6O3. The Labute approximate surface area is 167 Å². The van der Waals surface area contributed by atoms with Gasteiger partial charge in [0.15, 0.2) is 17.3 Å². The number of nitrogens with one attached hydrogen (secondary N) is 1. The van der Waals surface area contributed by atoms with Crippen LogP contribution in [0.3, 0.4) is 0 Å². The third kappa shape index (κ3) is 2.89. The molecule has 1 aliphatic heterocycles. The van der Waals surface area contributed by atoms with Crippen molar-refractivity contribution in [2.24, 2.45) is 5.73 Å². The van der Waals surface area contributed by atoms with Gasteiger partial charge in [-0.2, -0.15) is 15.3 Å². The summed E-state index contributed by atoms with van der Waals surface area (Å²) in [6.45, 7) is 0. The fourth-order valence-electron chi connectivity index (χ4n) is 4.00. The summed E-state index contributed by atoms with van der Waals surface area (Å²) in [6.07, 6.45) is 3.13. The number of benzene rings is 1. The van der Waals surface area contributed by atoms with Crippen LogP contribution in [-0.2, 0) is 4.79 Å². The average Bonchev–Trinajstić information content (AvgIpc) is 3.26. The Morgan fingerprint density at radius 3 is 2.72 bits per heavy atom. The van der Waals surface area contributed by atoms with Gasteiger partial charge in [0, 0.05) is 17.7 Å². The van der Waals surface area contributed by atoms with E-state index in [0.29, 0.717) is 42.3 Å². The number of aromatic nitrogens is 3. The molecule has 2 aliphatic rings. The van der Waals surface area contributed by atoms with Gasteiger partial charge in [0.05, 0.1) is 31.8 Å². The summed E-state index contributed by atoms with van der Waals surface area (Å²) in [5, 5.41) is 16.6. The fraction of sp³-hybridized carbons (Fsp3) is 0.300. The van der Waals surface area contributed by atoms with Gasteiger partial charge in [0.2, 0.25) is 5.95 Å². The first-order chi connectivity index (χ1) is 14.1. The number of aromatic amines is 1. The van der Waals surface area contributed by atoms with Crippen LogP contribution in [0.1, 0.15) is 30.7 Å². The van der Waals surface area contributed by atoms with E-state index in [-0.39, 0.29) is 17.2 Å².